The van der Waals surface area contributed by atoms with Crippen LogP contribution in [0.2, 0.25) is 0 Å². The number of rotatable bonds is 6. The lowest BCUT2D eigenvalue weighted by atomic mass is 10.2. The summed E-state index contributed by atoms with van der Waals surface area (Å²) in [5.41, 5.74) is 0. The van der Waals surface area contributed by atoms with Crippen molar-refractivity contribution in [2.24, 2.45) is 11.8 Å². The maximum Gasteiger partial charge on any atom is 0.306 e. The normalized spacial score (nSPS) is 18.9. The van der Waals surface area contributed by atoms with E-state index in [0.717, 1.165) is 0 Å². The fourth-order valence-corrected chi connectivity index (χ4v) is 3.26. The molecule has 0 aliphatic rings. The Morgan fingerprint density at radius 1 is 1.07 bits per heavy atom. The SMILES string of the molecule is CC(CP(=O)(O)CC(C)C(=O)O)C(=O)O. The minimum absolute atomic E-state index is 0.389. The van der Waals surface area contributed by atoms with Gasteiger partial charge in [0.2, 0.25) is 7.37 Å². The Labute approximate surface area is 87.4 Å². The van der Waals surface area contributed by atoms with Gasteiger partial charge in [-0.2, -0.15) is 0 Å². The van der Waals surface area contributed by atoms with E-state index >= 15 is 0 Å². The minimum Gasteiger partial charge on any atom is -0.481 e. The third-order valence-corrected chi connectivity index (χ3v) is 4.20. The highest BCUT2D eigenvalue weighted by atomic mass is 31.2. The number of carbonyl (C=O) groups is 2. The number of hydrogen-bond acceptors (Lipinski definition) is 3. The molecule has 7 heteroatoms. The van der Waals surface area contributed by atoms with Gasteiger partial charge in [-0.15, -0.1) is 0 Å². The highest BCUT2D eigenvalue weighted by molar-refractivity contribution is 7.58. The van der Waals surface area contributed by atoms with Gasteiger partial charge in [-0.3, -0.25) is 14.2 Å². The molecule has 0 amide bonds. The molecule has 0 rings (SSSR count). The predicted octanol–water partition coefficient (Wildman–Crippen LogP) is 0.698. The summed E-state index contributed by atoms with van der Waals surface area (Å²) >= 11 is 0. The van der Waals surface area contributed by atoms with Crippen molar-refractivity contribution in [1.82, 2.24) is 0 Å². The van der Waals surface area contributed by atoms with Crippen LogP contribution in [0, 0.1) is 11.8 Å². The number of carboxylic acids is 2. The van der Waals surface area contributed by atoms with Gasteiger partial charge in [0, 0.05) is 12.3 Å². The average molecular weight is 238 g/mol. The zero-order chi connectivity index (χ0) is 12.2. The summed E-state index contributed by atoms with van der Waals surface area (Å²) < 4.78 is 11.5. The Hall–Kier alpha value is -0.870. The molecule has 88 valence electrons. The standard InChI is InChI=1S/C8H15O6P/c1-5(7(9)10)3-15(13,14)4-6(2)8(11)12/h5-6H,3-4H2,1-2H3,(H,9,10)(H,11,12)(H,13,14). The molecule has 0 heterocycles. The Balaban J connectivity index is 4.37. The quantitative estimate of drug-likeness (QED) is 0.587. The smallest absolute Gasteiger partial charge is 0.306 e. The summed E-state index contributed by atoms with van der Waals surface area (Å²) in [5, 5.41) is 17.1. The van der Waals surface area contributed by atoms with Crippen molar-refractivity contribution in [3.05, 3.63) is 0 Å². The first-order valence-corrected chi connectivity index (χ1v) is 6.45. The maximum absolute atomic E-state index is 11.5. The van der Waals surface area contributed by atoms with Crippen molar-refractivity contribution in [2.45, 2.75) is 13.8 Å². The monoisotopic (exact) mass is 238 g/mol. The van der Waals surface area contributed by atoms with Gasteiger partial charge in [0.25, 0.3) is 0 Å². The van der Waals surface area contributed by atoms with Crippen LogP contribution in [-0.2, 0) is 14.2 Å². The van der Waals surface area contributed by atoms with Crippen molar-refractivity contribution < 1.29 is 29.3 Å². The molecule has 3 N–H and O–H groups in total. The molecule has 15 heavy (non-hydrogen) atoms. The second-order valence-corrected chi connectivity index (χ2v) is 6.11. The van der Waals surface area contributed by atoms with Crippen LogP contribution in [0.3, 0.4) is 0 Å². The van der Waals surface area contributed by atoms with Gasteiger partial charge in [0.05, 0.1) is 11.8 Å². The third-order valence-electron chi connectivity index (χ3n) is 1.96. The topological polar surface area (TPSA) is 112 Å². The van der Waals surface area contributed by atoms with Crippen molar-refractivity contribution in [3.8, 4) is 0 Å². The van der Waals surface area contributed by atoms with Crippen molar-refractivity contribution in [1.29, 1.82) is 0 Å². The lowest BCUT2D eigenvalue weighted by Crippen LogP contribution is -2.19. The van der Waals surface area contributed by atoms with Crippen LogP contribution >= 0.6 is 7.37 Å². The Kier molecular flexibility index (Phi) is 4.97. The fraction of sp³-hybridized carbons (Fsp3) is 0.750. The molecule has 2 atom stereocenters. The van der Waals surface area contributed by atoms with E-state index in [0.29, 0.717) is 0 Å². The molecule has 0 aromatic heterocycles. The molecule has 0 aromatic rings. The Morgan fingerprint density at radius 3 is 1.53 bits per heavy atom. The molecule has 0 spiro atoms. The number of hydrogen-bond donors (Lipinski definition) is 3. The van der Waals surface area contributed by atoms with E-state index in [1.807, 2.05) is 0 Å². The molecule has 0 saturated carbocycles. The predicted molar refractivity (Wildman–Crippen MR) is 53.2 cm³/mol. The van der Waals surface area contributed by atoms with E-state index < -0.39 is 31.1 Å². The molecule has 0 fully saturated rings. The first kappa shape index (κ1) is 14.1. The van der Waals surface area contributed by atoms with Crippen LogP contribution in [0.4, 0.5) is 0 Å². The van der Waals surface area contributed by atoms with Gasteiger partial charge in [0.15, 0.2) is 0 Å². The molecular formula is C8H15O6P. The third kappa shape index (κ3) is 5.54. The summed E-state index contributed by atoms with van der Waals surface area (Å²) in [7, 11) is -3.67. The van der Waals surface area contributed by atoms with E-state index in [9.17, 15) is 19.0 Å². The van der Waals surface area contributed by atoms with Crippen molar-refractivity contribution in [2.75, 3.05) is 12.3 Å². The van der Waals surface area contributed by atoms with E-state index in [1.54, 1.807) is 0 Å². The molecule has 0 bridgehead atoms. The van der Waals surface area contributed by atoms with Crippen LogP contribution in [0.5, 0.6) is 0 Å². The highest BCUT2D eigenvalue weighted by Crippen LogP contribution is 2.44. The van der Waals surface area contributed by atoms with Gasteiger partial charge in [-0.05, 0) is 0 Å². The average Bonchev–Trinajstić information content (AvgIpc) is 2.01. The second kappa shape index (κ2) is 5.28. The van der Waals surface area contributed by atoms with E-state index in [-0.39, 0.29) is 12.3 Å². The minimum atomic E-state index is -3.67. The first-order chi connectivity index (χ1) is 6.65. The van der Waals surface area contributed by atoms with E-state index in [2.05, 4.69) is 0 Å². The van der Waals surface area contributed by atoms with Crippen LogP contribution < -0.4 is 0 Å². The van der Waals surface area contributed by atoms with Crippen LogP contribution in [0.15, 0.2) is 0 Å². The van der Waals surface area contributed by atoms with Crippen LogP contribution in [0.25, 0.3) is 0 Å². The van der Waals surface area contributed by atoms with Crippen molar-refractivity contribution >= 4 is 19.3 Å². The Morgan fingerprint density at radius 2 is 1.33 bits per heavy atom. The molecule has 0 radical (unpaired) electrons. The van der Waals surface area contributed by atoms with E-state index in [1.165, 1.54) is 13.8 Å². The second-order valence-electron chi connectivity index (χ2n) is 3.69. The molecule has 0 saturated heterocycles. The lowest BCUT2D eigenvalue weighted by molar-refractivity contribution is -0.141. The lowest BCUT2D eigenvalue weighted by Gasteiger charge is -2.15. The molecule has 0 aliphatic carbocycles. The van der Waals surface area contributed by atoms with Crippen LogP contribution in [-0.4, -0.2) is 39.4 Å². The van der Waals surface area contributed by atoms with Gasteiger partial charge >= 0.3 is 11.9 Å². The summed E-state index contributed by atoms with van der Waals surface area (Å²) in [6.45, 7) is 2.63. The van der Waals surface area contributed by atoms with Crippen molar-refractivity contribution in [3.63, 3.8) is 0 Å². The highest BCUT2D eigenvalue weighted by Gasteiger charge is 2.29. The molecule has 0 aliphatic heterocycles. The first-order valence-electron chi connectivity index (χ1n) is 4.42. The number of aliphatic carboxylic acids is 2. The van der Waals surface area contributed by atoms with E-state index in [4.69, 9.17) is 10.2 Å². The zero-order valence-corrected chi connectivity index (χ0v) is 9.48. The molecule has 2 unspecified atom stereocenters. The van der Waals surface area contributed by atoms with Crippen LogP contribution in [0.1, 0.15) is 13.8 Å². The summed E-state index contributed by atoms with van der Waals surface area (Å²) in [5.74, 6) is -4.21. The maximum atomic E-state index is 11.5. The van der Waals surface area contributed by atoms with Gasteiger partial charge in [0.1, 0.15) is 0 Å². The summed E-state index contributed by atoms with van der Waals surface area (Å²) in [6, 6.07) is 0. The summed E-state index contributed by atoms with van der Waals surface area (Å²) in [6.07, 6.45) is -0.778. The summed E-state index contributed by atoms with van der Waals surface area (Å²) in [4.78, 5) is 30.3. The zero-order valence-electron chi connectivity index (χ0n) is 8.58. The molecule has 6 nitrogen and oxygen atoms in total. The molecule has 0 aromatic carbocycles. The number of carboxylic acid groups (broad SMARTS) is 2. The fourth-order valence-electron chi connectivity index (χ4n) is 1.09. The van der Waals surface area contributed by atoms with Gasteiger partial charge in [-0.25, -0.2) is 0 Å². The Bertz CT molecular complexity index is 274. The largest absolute Gasteiger partial charge is 0.481 e. The van der Waals surface area contributed by atoms with Gasteiger partial charge in [-0.1, -0.05) is 13.8 Å². The molecular weight excluding hydrogens is 223 g/mol. The van der Waals surface area contributed by atoms with Gasteiger partial charge < -0.3 is 15.1 Å².